The standard InChI is InChI=1S/C30H39N5O2/c1-5-24(22-15-23(17-33-16-22)35-18-19(2)25-13-9-10-14-26(25)35)27(31)29(36)28(21-11-7-6-8-12-21)34-30(37)20(3)32-4/h9-10,13-18,20-21,24,28,31-32H,5-8,11-12H2,1-4H3,(H,34,37)/t20-,24-,28-/m0/s1. The summed E-state index contributed by atoms with van der Waals surface area (Å²) in [4.78, 5) is 31.1. The third kappa shape index (κ3) is 5.67. The van der Waals surface area contributed by atoms with Crippen LogP contribution in [-0.2, 0) is 9.59 Å². The quantitative estimate of drug-likeness (QED) is 0.337. The van der Waals surface area contributed by atoms with Crippen LogP contribution in [0.1, 0.15) is 69.4 Å². The minimum absolute atomic E-state index is 0.0444. The topological polar surface area (TPSA) is 99.9 Å². The smallest absolute Gasteiger partial charge is 0.237 e. The van der Waals surface area contributed by atoms with Crippen molar-refractivity contribution in [3.63, 3.8) is 0 Å². The van der Waals surface area contributed by atoms with E-state index in [0.29, 0.717) is 6.42 Å². The number of carbonyl (C=O) groups excluding carboxylic acids is 2. The average molecular weight is 502 g/mol. The lowest BCUT2D eigenvalue weighted by Gasteiger charge is -2.32. The molecule has 0 radical (unpaired) electrons. The summed E-state index contributed by atoms with van der Waals surface area (Å²) in [5.41, 5.74) is 4.06. The van der Waals surface area contributed by atoms with E-state index >= 15 is 0 Å². The zero-order valence-electron chi connectivity index (χ0n) is 22.4. The first-order valence-electron chi connectivity index (χ1n) is 13.5. The number of rotatable bonds is 10. The van der Waals surface area contributed by atoms with Crippen LogP contribution in [0.5, 0.6) is 0 Å². The molecular formula is C30H39N5O2. The molecule has 3 aromatic rings. The monoisotopic (exact) mass is 501 g/mol. The normalized spacial score (nSPS) is 16.8. The Morgan fingerprint density at radius 2 is 1.89 bits per heavy atom. The molecule has 0 saturated heterocycles. The molecule has 1 saturated carbocycles. The van der Waals surface area contributed by atoms with Crippen LogP contribution in [0.3, 0.4) is 0 Å². The molecular weight excluding hydrogens is 462 g/mol. The lowest BCUT2D eigenvalue weighted by molar-refractivity contribution is -0.127. The second kappa shape index (κ2) is 11.8. The maximum absolute atomic E-state index is 13.8. The van der Waals surface area contributed by atoms with Gasteiger partial charge in [-0.1, -0.05) is 44.4 Å². The fourth-order valence-electron chi connectivity index (χ4n) is 5.55. The summed E-state index contributed by atoms with van der Waals surface area (Å²) >= 11 is 0. The van der Waals surface area contributed by atoms with E-state index in [0.717, 1.165) is 48.9 Å². The zero-order chi connectivity index (χ0) is 26.5. The van der Waals surface area contributed by atoms with E-state index < -0.39 is 18.0 Å². The van der Waals surface area contributed by atoms with Crippen LogP contribution in [-0.4, -0.2) is 46.1 Å². The number of aromatic nitrogens is 2. The van der Waals surface area contributed by atoms with Crippen LogP contribution < -0.4 is 10.6 Å². The molecule has 3 N–H and O–H groups in total. The Bertz CT molecular complexity index is 1270. The first-order valence-corrected chi connectivity index (χ1v) is 13.5. The second-order valence-corrected chi connectivity index (χ2v) is 10.3. The highest BCUT2D eigenvalue weighted by molar-refractivity contribution is 6.42. The van der Waals surface area contributed by atoms with Gasteiger partial charge in [0.2, 0.25) is 5.91 Å². The fourth-order valence-corrected chi connectivity index (χ4v) is 5.55. The van der Waals surface area contributed by atoms with Gasteiger partial charge in [0.15, 0.2) is 5.78 Å². The lowest BCUT2D eigenvalue weighted by atomic mass is 9.78. The number of nitrogens with zero attached hydrogens (tertiary/aromatic N) is 2. The molecule has 2 heterocycles. The highest BCUT2D eigenvalue weighted by Crippen LogP contribution is 2.30. The van der Waals surface area contributed by atoms with Crippen LogP contribution in [0, 0.1) is 18.3 Å². The number of aryl methyl sites for hydroxylation is 1. The summed E-state index contributed by atoms with van der Waals surface area (Å²) < 4.78 is 2.11. The van der Waals surface area contributed by atoms with Gasteiger partial charge in [-0.25, -0.2) is 0 Å². The molecule has 0 unspecified atom stereocenters. The highest BCUT2D eigenvalue weighted by Gasteiger charge is 2.36. The van der Waals surface area contributed by atoms with Gasteiger partial charge in [0.05, 0.1) is 35.2 Å². The number of hydrogen-bond donors (Lipinski definition) is 3. The van der Waals surface area contributed by atoms with Crippen molar-refractivity contribution in [2.24, 2.45) is 5.92 Å². The largest absolute Gasteiger partial charge is 0.344 e. The Labute approximate surface area is 219 Å². The van der Waals surface area contributed by atoms with Crippen LogP contribution in [0.4, 0.5) is 0 Å². The van der Waals surface area contributed by atoms with Crippen molar-refractivity contribution < 1.29 is 9.59 Å². The highest BCUT2D eigenvalue weighted by atomic mass is 16.2. The van der Waals surface area contributed by atoms with Crippen molar-refractivity contribution in [1.29, 1.82) is 5.41 Å². The molecule has 7 heteroatoms. The number of pyridine rings is 1. The molecule has 1 aliphatic rings. The molecule has 0 aliphatic heterocycles. The predicted molar refractivity (Wildman–Crippen MR) is 149 cm³/mol. The minimum Gasteiger partial charge on any atom is -0.344 e. The molecule has 3 atom stereocenters. The van der Waals surface area contributed by atoms with Gasteiger partial charge in [0, 0.05) is 23.7 Å². The first kappa shape index (κ1) is 26.7. The van der Waals surface area contributed by atoms with Gasteiger partial charge < -0.3 is 20.6 Å². The number of amides is 1. The molecule has 1 aromatic carbocycles. The van der Waals surface area contributed by atoms with Crippen LogP contribution in [0.15, 0.2) is 48.9 Å². The molecule has 2 aromatic heterocycles. The van der Waals surface area contributed by atoms with Gasteiger partial charge in [0.1, 0.15) is 0 Å². The average Bonchev–Trinajstić information content (AvgIpc) is 3.28. The molecule has 196 valence electrons. The lowest BCUT2D eigenvalue weighted by Crippen LogP contribution is -2.53. The summed E-state index contributed by atoms with van der Waals surface area (Å²) in [7, 11) is 1.73. The minimum atomic E-state index is -0.669. The van der Waals surface area contributed by atoms with E-state index in [4.69, 9.17) is 5.41 Å². The molecule has 4 rings (SSSR count). The molecule has 1 aliphatic carbocycles. The number of benzene rings is 1. The van der Waals surface area contributed by atoms with Crippen LogP contribution in [0.2, 0.25) is 0 Å². The van der Waals surface area contributed by atoms with Gasteiger partial charge >= 0.3 is 0 Å². The zero-order valence-corrected chi connectivity index (χ0v) is 22.4. The number of likely N-dealkylation sites (N-methyl/N-ethyl adjacent to an activating group) is 1. The van der Waals surface area contributed by atoms with E-state index in [1.165, 1.54) is 10.9 Å². The van der Waals surface area contributed by atoms with E-state index in [2.05, 4.69) is 45.4 Å². The van der Waals surface area contributed by atoms with Crippen molar-refractivity contribution in [3.8, 4) is 5.69 Å². The van der Waals surface area contributed by atoms with Crippen molar-refractivity contribution in [2.45, 2.75) is 77.3 Å². The van der Waals surface area contributed by atoms with Gasteiger partial charge in [-0.15, -0.1) is 0 Å². The van der Waals surface area contributed by atoms with E-state index in [-0.39, 0.29) is 23.3 Å². The van der Waals surface area contributed by atoms with E-state index in [1.807, 2.05) is 31.3 Å². The number of fused-ring (bicyclic) bond motifs is 1. The molecule has 1 fully saturated rings. The first-order chi connectivity index (χ1) is 17.8. The molecule has 0 spiro atoms. The number of para-hydroxylation sites is 1. The Balaban J connectivity index is 1.63. The molecule has 0 bridgehead atoms. The summed E-state index contributed by atoms with van der Waals surface area (Å²) in [5, 5.41) is 16.1. The number of ketones is 1. The number of carbonyl (C=O) groups is 2. The van der Waals surface area contributed by atoms with E-state index in [9.17, 15) is 9.59 Å². The summed E-state index contributed by atoms with van der Waals surface area (Å²) in [5.74, 6) is -0.813. The Kier molecular flexibility index (Phi) is 8.54. The maximum atomic E-state index is 13.8. The Morgan fingerprint density at radius 3 is 2.59 bits per heavy atom. The summed E-state index contributed by atoms with van der Waals surface area (Å²) in [6, 6.07) is 9.21. The number of Topliss-reactive ketones (excluding diaryl/α,β-unsaturated/α-hetero) is 1. The summed E-state index contributed by atoms with van der Waals surface area (Å²) in [6.07, 6.45) is 11.3. The van der Waals surface area contributed by atoms with Gasteiger partial charge in [0.25, 0.3) is 0 Å². The predicted octanol–water partition coefficient (Wildman–Crippen LogP) is 5.09. The third-order valence-corrected chi connectivity index (χ3v) is 7.89. The second-order valence-electron chi connectivity index (χ2n) is 10.3. The van der Waals surface area contributed by atoms with Gasteiger partial charge in [-0.2, -0.15) is 0 Å². The van der Waals surface area contributed by atoms with E-state index in [1.54, 1.807) is 20.2 Å². The number of hydrogen-bond acceptors (Lipinski definition) is 5. The van der Waals surface area contributed by atoms with Crippen molar-refractivity contribution in [3.05, 3.63) is 60.0 Å². The van der Waals surface area contributed by atoms with Crippen molar-refractivity contribution in [2.75, 3.05) is 7.05 Å². The maximum Gasteiger partial charge on any atom is 0.237 e. The molecule has 7 nitrogen and oxygen atoms in total. The molecule has 37 heavy (non-hydrogen) atoms. The Hall–Kier alpha value is -3.32. The van der Waals surface area contributed by atoms with Crippen LogP contribution in [0.25, 0.3) is 16.6 Å². The SMILES string of the molecule is CC[C@H](C(=N)C(=O)[C@@H](NC(=O)[C@H](C)NC)C1CCCCC1)c1cncc(-n2cc(C)c3ccccc32)c1. The molecule has 1 amide bonds. The Morgan fingerprint density at radius 1 is 1.16 bits per heavy atom. The number of nitrogens with one attached hydrogen (secondary N) is 3. The fraction of sp³-hybridized carbons (Fsp3) is 0.467. The summed E-state index contributed by atoms with van der Waals surface area (Å²) in [6.45, 7) is 5.86. The van der Waals surface area contributed by atoms with Gasteiger partial charge in [-0.05, 0) is 69.3 Å². The van der Waals surface area contributed by atoms with Crippen molar-refractivity contribution in [1.82, 2.24) is 20.2 Å². The van der Waals surface area contributed by atoms with Crippen LogP contribution >= 0.6 is 0 Å². The van der Waals surface area contributed by atoms with Crippen molar-refractivity contribution >= 4 is 28.3 Å². The van der Waals surface area contributed by atoms with Gasteiger partial charge in [-0.3, -0.25) is 14.6 Å². The third-order valence-electron chi connectivity index (χ3n) is 7.89.